The fourth-order valence-corrected chi connectivity index (χ4v) is 3.17. The lowest BCUT2D eigenvalue weighted by atomic mass is 10.0. The van der Waals surface area contributed by atoms with Crippen molar-refractivity contribution in [2.45, 2.75) is 19.4 Å². The van der Waals surface area contributed by atoms with Crippen molar-refractivity contribution in [2.24, 2.45) is 0 Å². The Kier molecular flexibility index (Phi) is 4.01. The van der Waals surface area contributed by atoms with Crippen LogP contribution in [0.2, 0.25) is 0 Å². The first kappa shape index (κ1) is 15.5. The summed E-state index contributed by atoms with van der Waals surface area (Å²) in [7, 11) is 0. The van der Waals surface area contributed by atoms with Crippen LogP contribution >= 0.6 is 0 Å². The highest BCUT2D eigenvalue weighted by Crippen LogP contribution is 2.28. The Morgan fingerprint density at radius 2 is 2.00 bits per heavy atom. The largest absolute Gasteiger partial charge is 0.338 e. The molecule has 0 saturated carbocycles. The smallest absolute Gasteiger partial charge is 0.227 e. The van der Waals surface area contributed by atoms with Crippen LogP contribution in [-0.2, 0) is 24.2 Å². The molecule has 2 aromatic heterocycles. The lowest BCUT2D eigenvalue weighted by Gasteiger charge is -2.27. The van der Waals surface area contributed by atoms with Gasteiger partial charge in [-0.05, 0) is 23.8 Å². The van der Waals surface area contributed by atoms with Crippen molar-refractivity contribution in [3.05, 3.63) is 71.4 Å². The third kappa shape index (κ3) is 3.03. The van der Waals surface area contributed by atoms with Crippen LogP contribution in [-0.4, -0.2) is 32.5 Å². The van der Waals surface area contributed by atoms with E-state index in [0.29, 0.717) is 18.7 Å². The predicted molar refractivity (Wildman–Crippen MR) is 91.0 cm³/mol. The first-order valence-electron chi connectivity index (χ1n) is 8.20. The SMILES string of the molecule is O=C(Cc1ccccc1F)N1CCc2[nH]nc(-c3ccncc3)c2C1. The summed E-state index contributed by atoms with van der Waals surface area (Å²) in [6.07, 6.45) is 4.24. The van der Waals surface area contributed by atoms with Gasteiger partial charge in [0.1, 0.15) is 5.82 Å². The van der Waals surface area contributed by atoms with Gasteiger partial charge in [0.05, 0.1) is 12.1 Å². The Hall–Kier alpha value is -3.02. The molecular formula is C19H17FN4O. The molecule has 25 heavy (non-hydrogen) atoms. The fourth-order valence-electron chi connectivity index (χ4n) is 3.17. The molecule has 3 heterocycles. The van der Waals surface area contributed by atoms with Crippen LogP contribution in [0.1, 0.15) is 16.8 Å². The lowest BCUT2D eigenvalue weighted by molar-refractivity contribution is -0.131. The van der Waals surface area contributed by atoms with E-state index in [4.69, 9.17) is 0 Å². The number of carbonyl (C=O) groups is 1. The second-order valence-electron chi connectivity index (χ2n) is 6.10. The van der Waals surface area contributed by atoms with E-state index in [-0.39, 0.29) is 18.1 Å². The molecule has 0 fully saturated rings. The van der Waals surface area contributed by atoms with Gasteiger partial charge in [0, 0.05) is 48.7 Å². The minimum Gasteiger partial charge on any atom is -0.338 e. The first-order chi connectivity index (χ1) is 12.2. The number of halogens is 1. The van der Waals surface area contributed by atoms with E-state index in [2.05, 4.69) is 15.2 Å². The molecular weight excluding hydrogens is 319 g/mol. The number of nitrogens with one attached hydrogen (secondary N) is 1. The van der Waals surface area contributed by atoms with Gasteiger partial charge >= 0.3 is 0 Å². The van der Waals surface area contributed by atoms with Crippen LogP contribution in [0.5, 0.6) is 0 Å². The van der Waals surface area contributed by atoms with Crippen molar-refractivity contribution in [1.29, 1.82) is 0 Å². The van der Waals surface area contributed by atoms with E-state index in [9.17, 15) is 9.18 Å². The average molecular weight is 336 g/mol. The van der Waals surface area contributed by atoms with Crippen LogP contribution in [0.15, 0.2) is 48.8 Å². The Balaban J connectivity index is 1.56. The zero-order valence-corrected chi connectivity index (χ0v) is 13.6. The second-order valence-corrected chi connectivity index (χ2v) is 6.10. The number of pyridine rings is 1. The molecule has 126 valence electrons. The molecule has 0 bridgehead atoms. The number of hydrogen-bond acceptors (Lipinski definition) is 3. The van der Waals surface area contributed by atoms with Gasteiger partial charge in [-0.3, -0.25) is 14.9 Å². The summed E-state index contributed by atoms with van der Waals surface area (Å²) in [6.45, 7) is 1.09. The van der Waals surface area contributed by atoms with Gasteiger partial charge in [0.25, 0.3) is 0 Å². The van der Waals surface area contributed by atoms with E-state index >= 15 is 0 Å². The lowest BCUT2D eigenvalue weighted by Crippen LogP contribution is -2.37. The first-order valence-corrected chi connectivity index (χ1v) is 8.20. The summed E-state index contributed by atoms with van der Waals surface area (Å²) in [4.78, 5) is 18.4. The number of nitrogens with zero attached hydrogens (tertiary/aromatic N) is 3. The van der Waals surface area contributed by atoms with Crippen molar-refractivity contribution in [3.8, 4) is 11.3 Å². The van der Waals surface area contributed by atoms with E-state index in [0.717, 1.165) is 28.9 Å². The van der Waals surface area contributed by atoms with Crippen molar-refractivity contribution in [1.82, 2.24) is 20.1 Å². The standard InChI is InChI=1S/C19H17FN4O/c20-16-4-2-1-3-14(16)11-18(25)24-10-7-17-15(12-24)19(23-22-17)13-5-8-21-9-6-13/h1-6,8-9H,7,10-12H2,(H,22,23). The Morgan fingerprint density at radius 1 is 1.20 bits per heavy atom. The predicted octanol–water partition coefficient (Wildman–Crippen LogP) is 2.74. The zero-order valence-electron chi connectivity index (χ0n) is 13.6. The number of aromatic nitrogens is 3. The normalized spacial score (nSPS) is 13.6. The van der Waals surface area contributed by atoms with Crippen LogP contribution in [0.25, 0.3) is 11.3 Å². The summed E-state index contributed by atoms with van der Waals surface area (Å²) in [6, 6.07) is 10.2. The number of hydrogen-bond donors (Lipinski definition) is 1. The Morgan fingerprint density at radius 3 is 2.80 bits per heavy atom. The van der Waals surface area contributed by atoms with Gasteiger partial charge < -0.3 is 4.90 Å². The number of carbonyl (C=O) groups excluding carboxylic acids is 1. The third-order valence-electron chi connectivity index (χ3n) is 4.54. The summed E-state index contributed by atoms with van der Waals surface area (Å²) < 4.78 is 13.8. The molecule has 1 aliphatic rings. The summed E-state index contributed by atoms with van der Waals surface area (Å²) in [5.41, 5.74) is 4.33. The minimum absolute atomic E-state index is 0.0716. The molecule has 0 atom stereocenters. The Labute approximate surface area is 144 Å². The highest BCUT2D eigenvalue weighted by atomic mass is 19.1. The number of amides is 1. The monoisotopic (exact) mass is 336 g/mol. The molecule has 1 amide bonds. The van der Waals surface area contributed by atoms with Crippen molar-refractivity contribution >= 4 is 5.91 Å². The molecule has 0 spiro atoms. The molecule has 0 saturated heterocycles. The minimum atomic E-state index is -0.339. The molecule has 1 aliphatic heterocycles. The number of H-pyrrole nitrogens is 1. The summed E-state index contributed by atoms with van der Waals surface area (Å²) in [5.74, 6) is -0.410. The van der Waals surface area contributed by atoms with Crippen LogP contribution < -0.4 is 0 Å². The topological polar surface area (TPSA) is 61.9 Å². The maximum atomic E-state index is 13.8. The van der Waals surface area contributed by atoms with Crippen LogP contribution in [0, 0.1) is 5.82 Å². The zero-order chi connectivity index (χ0) is 17.2. The maximum absolute atomic E-state index is 13.8. The molecule has 0 unspecified atom stereocenters. The molecule has 1 aromatic carbocycles. The molecule has 1 N–H and O–H groups in total. The summed E-state index contributed by atoms with van der Waals surface area (Å²) in [5, 5.41) is 7.48. The fraction of sp³-hybridized carbons (Fsp3) is 0.211. The maximum Gasteiger partial charge on any atom is 0.227 e. The Bertz CT molecular complexity index is 907. The average Bonchev–Trinajstić information content (AvgIpc) is 3.07. The molecule has 4 rings (SSSR count). The van der Waals surface area contributed by atoms with E-state index < -0.39 is 0 Å². The van der Waals surface area contributed by atoms with Gasteiger partial charge in [0.15, 0.2) is 0 Å². The third-order valence-corrected chi connectivity index (χ3v) is 4.54. The van der Waals surface area contributed by atoms with Crippen molar-refractivity contribution < 1.29 is 9.18 Å². The quantitative estimate of drug-likeness (QED) is 0.800. The van der Waals surface area contributed by atoms with Crippen molar-refractivity contribution in [3.63, 3.8) is 0 Å². The number of rotatable bonds is 3. The van der Waals surface area contributed by atoms with E-state index in [1.165, 1.54) is 6.07 Å². The molecule has 5 nitrogen and oxygen atoms in total. The van der Waals surface area contributed by atoms with Gasteiger partial charge in [-0.25, -0.2) is 4.39 Å². The van der Waals surface area contributed by atoms with Crippen molar-refractivity contribution in [2.75, 3.05) is 6.54 Å². The van der Waals surface area contributed by atoms with E-state index in [1.807, 2.05) is 12.1 Å². The number of aromatic amines is 1. The number of benzene rings is 1. The highest BCUT2D eigenvalue weighted by molar-refractivity contribution is 5.79. The van der Waals surface area contributed by atoms with E-state index in [1.54, 1.807) is 35.5 Å². The molecule has 0 aliphatic carbocycles. The molecule has 0 radical (unpaired) electrons. The highest BCUT2D eigenvalue weighted by Gasteiger charge is 2.26. The van der Waals surface area contributed by atoms with Crippen LogP contribution in [0.3, 0.4) is 0 Å². The molecule has 6 heteroatoms. The summed E-state index contributed by atoms with van der Waals surface area (Å²) >= 11 is 0. The van der Waals surface area contributed by atoms with Crippen LogP contribution in [0.4, 0.5) is 4.39 Å². The van der Waals surface area contributed by atoms with Gasteiger partial charge in [-0.2, -0.15) is 5.10 Å². The van der Waals surface area contributed by atoms with Gasteiger partial charge in [-0.1, -0.05) is 18.2 Å². The van der Waals surface area contributed by atoms with Gasteiger partial charge in [0.2, 0.25) is 5.91 Å². The molecule has 3 aromatic rings. The van der Waals surface area contributed by atoms with Gasteiger partial charge in [-0.15, -0.1) is 0 Å². The number of fused-ring (bicyclic) bond motifs is 1. The second kappa shape index (κ2) is 6.47.